The van der Waals surface area contributed by atoms with Crippen molar-refractivity contribution in [2.24, 2.45) is 10.8 Å². The molecule has 2 saturated heterocycles. The van der Waals surface area contributed by atoms with Crippen LogP contribution in [0.3, 0.4) is 0 Å². The highest BCUT2D eigenvalue weighted by Gasteiger charge is 2.40. The second-order valence-corrected chi connectivity index (χ2v) is 14.6. The number of piperidine rings is 2. The molecule has 3 aliphatic rings. The van der Waals surface area contributed by atoms with Crippen LogP contribution in [-0.4, -0.2) is 53.7 Å². The number of pyridine rings is 1. The van der Waals surface area contributed by atoms with Gasteiger partial charge in [-0.1, -0.05) is 50.1 Å². The molecule has 0 radical (unpaired) electrons. The number of carbonyl (C=O) groups is 1. The first-order chi connectivity index (χ1) is 22.0. The molecule has 3 fully saturated rings. The first-order valence-corrected chi connectivity index (χ1v) is 17.0. The number of ether oxygens (including phenoxy) is 1. The van der Waals surface area contributed by atoms with Crippen molar-refractivity contribution in [1.82, 2.24) is 9.88 Å². The van der Waals surface area contributed by atoms with E-state index >= 15 is 4.39 Å². The highest BCUT2D eigenvalue weighted by atomic mass is 35.5. The van der Waals surface area contributed by atoms with Gasteiger partial charge in [0.25, 0.3) is 0 Å². The Morgan fingerprint density at radius 1 is 0.978 bits per heavy atom. The number of carboxylic acid groups (broad SMARTS) is 1. The van der Waals surface area contributed by atoms with Gasteiger partial charge in [0.05, 0.1) is 24.4 Å². The summed E-state index contributed by atoms with van der Waals surface area (Å²) < 4.78 is 34.8. The third-order valence-electron chi connectivity index (χ3n) is 10.5. The molecule has 0 unspecified atom stereocenters. The van der Waals surface area contributed by atoms with Crippen LogP contribution >= 0.6 is 11.6 Å². The molecular weight excluding hydrogens is 608 g/mol. The maximum absolute atomic E-state index is 15.8. The van der Waals surface area contributed by atoms with E-state index in [0.717, 1.165) is 61.5 Å². The number of likely N-dealkylation sites (tertiary alicyclic amines) is 1. The number of aliphatic carboxylic acids is 1. The van der Waals surface area contributed by atoms with Gasteiger partial charge >= 0.3 is 5.97 Å². The lowest BCUT2D eigenvalue weighted by Crippen LogP contribution is -2.43. The maximum Gasteiger partial charge on any atom is 0.308 e. The molecule has 0 bridgehead atoms. The van der Waals surface area contributed by atoms with Crippen molar-refractivity contribution in [2.45, 2.75) is 78.2 Å². The van der Waals surface area contributed by atoms with Crippen molar-refractivity contribution in [2.75, 3.05) is 37.7 Å². The summed E-state index contributed by atoms with van der Waals surface area (Å²) in [5.41, 5.74) is 4.92. The van der Waals surface area contributed by atoms with Crippen LogP contribution in [0.5, 0.6) is 5.75 Å². The second-order valence-electron chi connectivity index (χ2n) is 14.3. The average molecular weight is 652 g/mol. The fraction of sp³-hybridized carbons (Fsp3) is 0.514. The Labute approximate surface area is 275 Å². The van der Waals surface area contributed by atoms with E-state index < -0.39 is 11.8 Å². The number of anilines is 1. The van der Waals surface area contributed by atoms with Crippen LogP contribution in [0.15, 0.2) is 42.5 Å². The van der Waals surface area contributed by atoms with Crippen LogP contribution in [-0.2, 0) is 24.2 Å². The van der Waals surface area contributed by atoms with Gasteiger partial charge in [0.1, 0.15) is 11.0 Å². The van der Waals surface area contributed by atoms with E-state index in [4.69, 9.17) is 21.3 Å². The van der Waals surface area contributed by atoms with E-state index in [1.165, 1.54) is 50.3 Å². The Bertz CT molecular complexity index is 1560. The number of benzene rings is 2. The molecule has 6 nitrogen and oxygen atoms in total. The van der Waals surface area contributed by atoms with Gasteiger partial charge in [-0.2, -0.15) is 0 Å². The number of hydrogen-bond acceptors (Lipinski definition) is 5. The van der Waals surface area contributed by atoms with Crippen LogP contribution in [0.1, 0.15) is 75.6 Å². The topological polar surface area (TPSA) is 65.9 Å². The Morgan fingerprint density at radius 2 is 1.67 bits per heavy atom. The molecule has 3 aromatic rings. The third-order valence-corrected chi connectivity index (χ3v) is 10.9. The Balaban J connectivity index is 1.35. The van der Waals surface area contributed by atoms with Crippen molar-refractivity contribution in [3.8, 4) is 16.9 Å². The highest BCUT2D eigenvalue weighted by molar-refractivity contribution is 6.31. The lowest BCUT2D eigenvalue weighted by atomic mass is 9.63. The number of rotatable bonds is 10. The summed E-state index contributed by atoms with van der Waals surface area (Å²) in [6.45, 7) is 8.73. The summed E-state index contributed by atoms with van der Waals surface area (Å²) in [7, 11) is 0. The molecule has 46 heavy (non-hydrogen) atoms. The summed E-state index contributed by atoms with van der Waals surface area (Å²) in [5.74, 6) is -1.67. The zero-order valence-electron chi connectivity index (χ0n) is 26.9. The molecule has 1 N–H and O–H groups in total. The minimum absolute atomic E-state index is 0.128. The number of carboxylic acids is 1. The molecule has 6 rings (SSSR count). The summed E-state index contributed by atoms with van der Waals surface area (Å²) >= 11 is 6.85. The summed E-state index contributed by atoms with van der Waals surface area (Å²) in [6, 6.07) is 11.1. The molecule has 2 aliphatic heterocycles. The fourth-order valence-electron chi connectivity index (χ4n) is 7.31. The first-order valence-electron chi connectivity index (χ1n) is 16.6. The summed E-state index contributed by atoms with van der Waals surface area (Å²) in [6.07, 6.45) is 8.40. The number of nitrogens with zero attached hydrogens (tertiary/aromatic N) is 3. The average Bonchev–Trinajstić information content (AvgIpc) is 3.00. The standard InChI is InChI=1S/C37H44ClF2N3O3/c1-36(2)13-19-43(20-14-36)34-28(23-32(44)45)35(38)41-30(24-42-17-15-37(16-18-42)11-3-12-37)33(34)26-6-9-31(29(40)22-26)46-21-10-25-4-7-27(39)8-5-25/h4-9,22H,3,10-21,23-24H2,1-2H3,(H,44,45). The van der Waals surface area contributed by atoms with E-state index in [-0.39, 0.29) is 35.2 Å². The zero-order chi connectivity index (χ0) is 32.5. The van der Waals surface area contributed by atoms with Gasteiger partial charge in [-0.05, 0) is 97.8 Å². The zero-order valence-corrected chi connectivity index (χ0v) is 27.6. The predicted octanol–water partition coefficient (Wildman–Crippen LogP) is 8.32. The van der Waals surface area contributed by atoms with Crippen LogP contribution in [0.4, 0.5) is 14.5 Å². The molecule has 1 aromatic heterocycles. The van der Waals surface area contributed by atoms with Gasteiger partial charge in [-0.25, -0.2) is 13.8 Å². The monoisotopic (exact) mass is 651 g/mol. The van der Waals surface area contributed by atoms with Gasteiger partial charge in [0.15, 0.2) is 11.6 Å². The van der Waals surface area contributed by atoms with Crippen LogP contribution in [0.25, 0.3) is 11.1 Å². The van der Waals surface area contributed by atoms with E-state index in [1.807, 2.05) is 6.07 Å². The van der Waals surface area contributed by atoms with Crippen molar-refractivity contribution in [3.05, 3.63) is 76.1 Å². The molecule has 2 aromatic carbocycles. The molecule has 246 valence electrons. The van der Waals surface area contributed by atoms with Crippen LogP contribution in [0, 0.1) is 22.5 Å². The van der Waals surface area contributed by atoms with E-state index in [1.54, 1.807) is 18.2 Å². The van der Waals surface area contributed by atoms with Gasteiger partial charge in [0.2, 0.25) is 0 Å². The largest absolute Gasteiger partial charge is 0.490 e. The smallest absolute Gasteiger partial charge is 0.308 e. The maximum atomic E-state index is 15.8. The summed E-state index contributed by atoms with van der Waals surface area (Å²) in [4.78, 5) is 21.6. The quantitative estimate of drug-likeness (QED) is 0.223. The molecule has 3 heterocycles. The van der Waals surface area contributed by atoms with E-state index in [0.29, 0.717) is 29.5 Å². The predicted molar refractivity (Wildman–Crippen MR) is 178 cm³/mol. The molecule has 1 spiro atoms. The Hall–Kier alpha value is -3.23. The lowest BCUT2D eigenvalue weighted by Gasteiger charge is -2.48. The minimum Gasteiger partial charge on any atom is -0.490 e. The molecular formula is C37H44ClF2N3O3. The summed E-state index contributed by atoms with van der Waals surface area (Å²) in [5, 5.41) is 10.1. The van der Waals surface area contributed by atoms with Crippen LogP contribution in [0.2, 0.25) is 5.15 Å². The van der Waals surface area contributed by atoms with Crippen molar-refractivity contribution in [1.29, 1.82) is 0 Å². The highest BCUT2D eigenvalue weighted by Crippen LogP contribution is 2.49. The van der Waals surface area contributed by atoms with Crippen molar-refractivity contribution < 1.29 is 23.4 Å². The second kappa shape index (κ2) is 13.5. The van der Waals surface area contributed by atoms with E-state index in [9.17, 15) is 14.3 Å². The van der Waals surface area contributed by atoms with Gasteiger partial charge in [0, 0.05) is 37.2 Å². The van der Waals surface area contributed by atoms with Crippen molar-refractivity contribution >= 4 is 23.3 Å². The molecule has 0 amide bonds. The Morgan fingerprint density at radius 3 is 2.28 bits per heavy atom. The first kappa shape index (κ1) is 32.7. The van der Waals surface area contributed by atoms with E-state index in [2.05, 4.69) is 23.6 Å². The lowest BCUT2D eigenvalue weighted by molar-refractivity contribution is -0.136. The molecule has 0 atom stereocenters. The van der Waals surface area contributed by atoms with Gasteiger partial charge in [-0.15, -0.1) is 0 Å². The number of aromatic nitrogens is 1. The molecule has 9 heteroatoms. The van der Waals surface area contributed by atoms with Gasteiger partial charge < -0.3 is 14.7 Å². The Kier molecular flexibility index (Phi) is 9.58. The van der Waals surface area contributed by atoms with Crippen molar-refractivity contribution in [3.63, 3.8) is 0 Å². The molecule has 1 saturated carbocycles. The number of hydrogen-bond donors (Lipinski definition) is 1. The van der Waals surface area contributed by atoms with Gasteiger partial charge in [-0.3, -0.25) is 9.69 Å². The third kappa shape index (κ3) is 7.33. The fourth-order valence-corrected chi connectivity index (χ4v) is 7.57. The normalized spacial score (nSPS) is 19.2. The van der Waals surface area contributed by atoms with Crippen LogP contribution < -0.4 is 9.64 Å². The number of halogens is 3. The molecule has 1 aliphatic carbocycles. The SMILES string of the molecule is CC1(C)CCN(c2c(CC(=O)O)c(Cl)nc(CN3CCC4(CCC4)CC3)c2-c2ccc(OCCc3ccc(F)cc3)c(F)c2)CC1. The minimum atomic E-state index is -0.987.